The minimum absolute atomic E-state index is 0.0178. The van der Waals surface area contributed by atoms with Crippen molar-refractivity contribution in [3.05, 3.63) is 76.7 Å². The van der Waals surface area contributed by atoms with Gasteiger partial charge in [-0.25, -0.2) is 22.5 Å². The minimum atomic E-state index is -3.15. The Morgan fingerprint density at radius 3 is 2.62 bits per heavy atom. The normalized spacial score (nSPS) is 17.2. The maximum Gasteiger partial charge on any atom is 0.256 e. The summed E-state index contributed by atoms with van der Waals surface area (Å²) in [5.74, 6) is -0.944. The van der Waals surface area contributed by atoms with Crippen molar-refractivity contribution in [2.24, 2.45) is 0 Å². The SMILES string of the molecule is Cc1nn(C2CCS(=O)(=O)C2)c2nc(-c3ccccc3)cc(C(=O)Nc3ccc(F)c(Cl)c3)c12. The minimum Gasteiger partial charge on any atom is -0.322 e. The topological polar surface area (TPSA) is 93.9 Å². The number of sulfone groups is 1. The van der Waals surface area contributed by atoms with Gasteiger partial charge in [0.15, 0.2) is 15.5 Å². The smallest absolute Gasteiger partial charge is 0.256 e. The molecule has 1 N–H and O–H groups in total. The molecule has 1 aliphatic heterocycles. The fraction of sp³-hybridized carbons (Fsp3) is 0.208. The number of rotatable bonds is 4. The van der Waals surface area contributed by atoms with E-state index in [1.807, 2.05) is 30.3 Å². The Balaban J connectivity index is 1.66. The van der Waals surface area contributed by atoms with Crippen molar-refractivity contribution in [2.45, 2.75) is 19.4 Å². The molecule has 2 aromatic carbocycles. The van der Waals surface area contributed by atoms with Crippen LogP contribution in [0.1, 0.15) is 28.5 Å². The first kappa shape index (κ1) is 22.5. The van der Waals surface area contributed by atoms with Crippen LogP contribution in [0, 0.1) is 12.7 Å². The molecule has 0 aliphatic carbocycles. The first-order chi connectivity index (χ1) is 16.2. The number of fused-ring (bicyclic) bond motifs is 1. The lowest BCUT2D eigenvalue weighted by Crippen LogP contribution is -2.15. The monoisotopic (exact) mass is 498 g/mol. The zero-order chi connectivity index (χ0) is 24.0. The third kappa shape index (κ3) is 4.17. The van der Waals surface area contributed by atoms with Gasteiger partial charge in [-0.1, -0.05) is 41.9 Å². The Kier molecular flexibility index (Phi) is 5.61. The van der Waals surface area contributed by atoms with Gasteiger partial charge in [-0.2, -0.15) is 5.10 Å². The number of aryl methyl sites for hydroxylation is 1. The van der Waals surface area contributed by atoms with Gasteiger partial charge in [-0.15, -0.1) is 0 Å². The summed E-state index contributed by atoms with van der Waals surface area (Å²) in [5, 5.41) is 7.79. The number of carbonyl (C=O) groups excluding carboxylic acids is 1. The van der Waals surface area contributed by atoms with E-state index in [-0.39, 0.29) is 22.6 Å². The number of hydrogen-bond acceptors (Lipinski definition) is 5. The Morgan fingerprint density at radius 2 is 1.94 bits per heavy atom. The predicted molar refractivity (Wildman–Crippen MR) is 129 cm³/mol. The number of nitrogens with zero attached hydrogens (tertiary/aromatic N) is 3. The van der Waals surface area contributed by atoms with Gasteiger partial charge in [-0.05, 0) is 37.6 Å². The van der Waals surface area contributed by atoms with E-state index in [4.69, 9.17) is 16.6 Å². The highest BCUT2D eigenvalue weighted by molar-refractivity contribution is 7.91. The van der Waals surface area contributed by atoms with E-state index in [0.29, 0.717) is 40.1 Å². The van der Waals surface area contributed by atoms with Crippen molar-refractivity contribution < 1.29 is 17.6 Å². The molecule has 3 heterocycles. The van der Waals surface area contributed by atoms with Crippen LogP contribution >= 0.6 is 11.6 Å². The molecule has 34 heavy (non-hydrogen) atoms. The van der Waals surface area contributed by atoms with Crippen LogP contribution in [-0.4, -0.2) is 40.6 Å². The lowest BCUT2D eigenvalue weighted by Gasteiger charge is -2.12. The summed E-state index contributed by atoms with van der Waals surface area (Å²) >= 11 is 5.87. The van der Waals surface area contributed by atoms with Crippen LogP contribution in [-0.2, 0) is 9.84 Å². The summed E-state index contributed by atoms with van der Waals surface area (Å²) in [4.78, 5) is 18.2. The lowest BCUT2D eigenvalue weighted by atomic mass is 10.0. The second-order valence-electron chi connectivity index (χ2n) is 8.29. The second kappa shape index (κ2) is 8.48. The molecule has 1 atom stereocenters. The van der Waals surface area contributed by atoms with Crippen LogP contribution in [0.4, 0.5) is 10.1 Å². The molecule has 10 heteroatoms. The molecule has 1 saturated heterocycles. The molecule has 1 amide bonds. The number of anilines is 1. The van der Waals surface area contributed by atoms with Crippen LogP contribution in [0.15, 0.2) is 54.6 Å². The Morgan fingerprint density at radius 1 is 1.18 bits per heavy atom. The Labute approximate surface area is 200 Å². The number of pyridine rings is 1. The molecular formula is C24H20ClFN4O3S. The molecule has 0 radical (unpaired) electrons. The molecule has 0 saturated carbocycles. The van der Waals surface area contributed by atoms with E-state index in [9.17, 15) is 17.6 Å². The highest BCUT2D eigenvalue weighted by atomic mass is 35.5. The van der Waals surface area contributed by atoms with E-state index in [1.165, 1.54) is 18.2 Å². The Hall–Kier alpha value is -3.30. The molecular weight excluding hydrogens is 479 g/mol. The molecule has 0 bridgehead atoms. The second-order valence-corrected chi connectivity index (χ2v) is 10.9. The van der Waals surface area contributed by atoms with Crippen molar-refractivity contribution in [2.75, 3.05) is 16.8 Å². The third-order valence-electron chi connectivity index (χ3n) is 5.88. The van der Waals surface area contributed by atoms with Gasteiger partial charge in [0.1, 0.15) is 5.82 Å². The number of nitrogens with one attached hydrogen (secondary N) is 1. The summed E-state index contributed by atoms with van der Waals surface area (Å²) in [5.41, 5.74) is 3.03. The van der Waals surface area contributed by atoms with Gasteiger partial charge in [-0.3, -0.25) is 4.79 Å². The first-order valence-electron chi connectivity index (χ1n) is 10.6. The summed E-state index contributed by atoms with van der Waals surface area (Å²) < 4.78 is 39.4. The fourth-order valence-corrected chi connectivity index (χ4v) is 6.12. The van der Waals surface area contributed by atoms with E-state index in [2.05, 4.69) is 10.4 Å². The maximum absolute atomic E-state index is 13.6. The summed E-state index contributed by atoms with van der Waals surface area (Å²) in [6.45, 7) is 1.76. The van der Waals surface area contributed by atoms with Crippen LogP contribution in [0.3, 0.4) is 0 Å². The van der Waals surface area contributed by atoms with Crippen LogP contribution in [0.2, 0.25) is 5.02 Å². The molecule has 1 aliphatic rings. The van der Waals surface area contributed by atoms with Gasteiger partial charge in [0.2, 0.25) is 0 Å². The average molecular weight is 499 g/mol. The third-order valence-corrected chi connectivity index (χ3v) is 7.92. The molecule has 1 unspecified atom stereocenters. The molecule has 2 aromatic heterocycles. The number of benzene rings is 2. The number of amides is 1. The summed E-state index contributed by atoms with van der Waals surface area (Å²) in [7, 11) is -3.15. The van der Waals surface area contributed by atoms with Crippen LogP contribution < -0.4 is 5.32 Å². The van der Waals surface area contributed by atoms with Crippen molar-refractivity contribution in [3.8, 4) is 11.3 Å². The number of halogens is 2. The van der Waals surface area contributed by atoms with Gasteiger partial charge in [0.05, 0.1) is 44.9 Å². The van der Waals surface area contributed by atoms with Gasteiger partial charge in [0.25, 0.3) is 5.91 Å². The van der Waals surface area contributed by atoms with Gasteiger partial charge >= 0.3 is 0 Å². The highest BCUT2D eigenvalue weighted by Crippen LogP contribution is 2.32. The standard InChI is InChI=1S/C24H20ClFN4O3S/c1-14-22-18(24(31)27-16-7-8-20(26)19(25)11-16)12-21(15-5-3-2-4-6-15)28-23(22)30(29-14)17-9-10-34(32,33)13-17/h2-8,11-12,17H,9-10,13H2,1H3,(H,27,31). The summed E-state index contributed by atoms with van der Waals surface area (Å²) in [6, 6.07) is 14.6. The van der Waals surface area contributed by atoms with Crippen molar-refractivity contribution in [1.29, 1.82) is 0 Å². The fourth-order valence-electron chi connectivity index (χ4n) is 4.24. The van der Waals surface area contributed by atoms with E-state index in [1.54, 1.807) is 17.7 Å². The molecule has 1 fully saturated rings. The highest BCUT2D eigenvalue weighted by Gasteiger charge is 2.32. The van der Waals surface area contributed by atoms with Gasteiger partial charge < -0.3 is 5.32 Å². The average Bonchev–Trinajstić information content (AvgIpc) is 3.35. The summed E-state index contributed by atoms with van der Waals surface area (Å²) in [6.07, 6.45) is 0.436. The number of hydrogen-bond donors (Lipinski definition) is 1. The van der Waals surface area contributed by atoms with Crippen LogP contribution in [0.25, 0.3) is 22.3 Å². The van der Waals surface area contributed by atoms with E-state index >= 15 is 0 Å². The van der Waals surface area contributed by atoms with E-state index in [0.717, 1.165) is 5.56 Å². The number of aromatic nitrogens is 3. The molecule has 0 spiro atoms. The van der Waals surface area contributed by atoms with Crippen LogP contribution in [0.5, 0.6) is 0 Å². The lowest BCUT2D eigenvalue weighted by molar-refractivity contribution is 0.102. The quantitative estimate of drug-likeness (QED) is 0.435. The van der Waals surface area contributed by atoms with Crippen molar-refractivity contribution in [3.63, 3.8) is 0 Å². The van der Waals surface area contributed by atoms with E-state index < -0.39 is 21.6 Å². The molecule has 7 nitrogen and oxygen atoms in total. The zero-order valence-electron chi connectivity index (χ0n) is 18.1. The van der Waals surface area contributed by atoms with Crippen molar-refractivity contribution in [1.82, 2.24) is 14.8 Å². The Bertz CT molecular complexity index is 1540. The van der Waals surface area contributed by atoms with Crippen molar-refractivity contribution >= 4 is 44.1 Å². The predicted octanol–water partition coefficient (Wildman–Crippen LogP) is 4.81. The number of carbonyl (C=O) groups is 1. The largest absolute Gasteiger partial charge is 0.322 e. The zero-order valence-corrected chi connectivity index (χ0v) is 19.7. The first-order valence-corrected chi connectivity index (χ1v) is 12.8. The maximum atomic E-state index is 13.6. The molecule has 174 valence electrons. The molecule has 4 aromatic rings. The van der Waals surface area contributed by atoms with Gasteiger partial charge in [0, 0.05) is 11.3 Å². The molecule has 5 rings (SSSR count).